The Bertz CT molecular complexity index is 869. The molecule has 6 nitrogen and oxygen atoms in total. The Morgan fingerprint density at radius 3 is 2.41 bits per heavy atom. The van der Waals surface area contributed by atoms with Crippen LogP contribution in [0.5, 0.6) is 5.88 Å². The van der Waals surface area contributed by atoms with Crippen LogP contribution in [-0.2, 0) is 9.53 Å². The van der Waals surface area contributed by atoms with E-state index in [1.54, 1.807) is 24.3 Å². The highest BCUT2D eigenvalue weighted by molar-refractivity contribution is 6.01. The fraction of sp³-hybridized carbons (Fsp3) is 0.211. The number of aromatic nitrogens is 1. The number of pyridine rings is 1. The number of esters is 1. The lowest BCUT2D eigenvalue weighted by Crippen LogP contribution is -2.33. The number of hydrogen-bond acceptors (Lipinski definition) is 5. The summed E-state index contributed by atoms with van der Waals surface area (Å²) >= 11 is 0. The van der Waals surface area contributed by atoms with Crippen molar-refractivity contribution in [2.75, 3.05) is 19.0 Å². The lowest BCUT2D eigenvalue weighted by molar-refractivity contribution is -0.148. The molecule has 0 radical (unpaired) electrons. The number of nitrogens with zero attached hydrogens (tertiary/aromatic N) is 1. The molecule has 0 atom stereocenters. The minimum absolute atomic E-state index is 0.244. The van der Waals surface area contributed by atoms with Crippen LogP contribution < -0.4 is 10.1 Å². The molecule has 2 aromatic rings. The average Bonchev–Trinajstić information content (AvgIpc) is 2.71. The molecule has 1 heterocycles. The maximum Gasteiger partial charge on any atom is 0.340 e. The third-order valence-electron chi connectivity index (χ3n) is 3.49. The van der Waals surface area contributed by atoms with Crippen LogP contribution in [0.1, 0.15) is 15.9 Å². The van der Waals surface area contributed by atoms with Crippen LogP contribution in [-0.4, -0.2) is 42.9 Å². The molecule has 1 N–H and O–H groups in total. The molecule has 0 fully saturated rings. The first-order valence-corrected chi connectivity index (χ1v) is 8.13. The van der Waals surface area contributed by atoms with Gasteiger partial charge in [0.15, 0.2) is 6.61 Å². The van der Waals surface area contributed by atoms with Gasteiger partial charge in [-0.1, -0.05) is 12.1 Å². The molecule has 0 aliphatic rings. The Labute approximate surface area is 163 Å². The van der Waals surface area contributed by atoms with Crippen molar-refractivity contribution >= 4 is 23.6 Å². The van der Waals surface area contributed by atoms with Gasteiger partial charge in [-0.2, -0.15) is 8.78 Å². The number of carbonyl (C=O) groups is 2. The number of amides is 1. The van der Waals surface area contributed by atoms with Crippen LogP contribution in [0.4, 0.5) is 23.2 Å². The van der Waals surface area contributed by atoms with Gasteiger partial charge in [-0.3, -0.25) is 4.79 Å². The Hall–Kier alpha value is -3.43. The van der Waals surface area contributed by atoms with Crippen LogP contribution in [0.15, 0.2) is 48.7 Å². The van der Waals surface area contributed by atoms with E-state index in [4.69, 9.17) is 0 Å². The third-order valence-corrected chi connectivity index (χ3v) is 3.49. The first kappa shape index (κ1) is 21.9. The fourth-order valence-electron chi connectivity index (χ4n) is 1.98. The van der Waals surface area contributed by atoms with Crippen LogP contribution >= 0.6 is 0 Å². The van der Waals surface area contributed by atoms with Gasteiger partial charge in [0.1, 0.15) is 0 Å². The van der Waals surface area contributed by atoms with Crippen molar-refractivity contribution in [1.29, 1.82) is 0 Å². The topological polar surface area (TPSA) is 77.5 Å². The number of benzene rings is 1. The van der Waals surface area contributed by atoms with E-state index in [1.807, 2.05) is 0 Å². The van der Waals surface area contributed by atoms with Gasteiger partial charge in [0, 0.05) is 12.1 Å². The van der Waals surface area contributed by atoms with Gasteiger partial charge in [-0.15, -0.1) is 0 Å². The maximum atomic E-state index is 12.8. The van der Waals surface area contributed by atoms with E-state index in [-0.39, 0.29) is 11.6 Å². The monoisotopic (exact) mass is 412 g/mol. The smallest absolute Gasteiger partial charge is 0.340 e. The SMILES string of the molecule is COC(=O)c1ccc(/C=C/C(=O)Nc2ccc(OCC(F)(F)C(F)F)nc2)cc1. The normalized spacial score (nSPS) is 11.5. The summed E-state index contributed by atoms with van der Waals surface area (Å²) in [4.78, 5) is 26.9. The number of halogens is 4. The summed E-state index contributed by atoms with van der Waals surface area (Å²) in [6, 6.07) is 8.82. The first-order valence-electron chi connectivity index (χ1n) is 8.13. The van der Waals surface area contributed by atoms with Crippen molar-refractivity contribution in [2.24, 2.45) is 0 Å². The molecule has 0 saturated carbocycles. The summed E-state index contributed by atoms with van der Waals surface area (Å²) in [5, 5.41) is 2.48. The number of alkyl halides is 4. The third kappa shape index (κ3) is 6.59. The van der Waals surface area contributed by atoms with Gasteiger partial charge in [-0.25, -0.2) is 18.6 Å². The number of methoxy groups -OCH3 is 1. The highest BCUT2D eigenvalue weighted by atomic mass is 19.3. The molecule has 1 amide bonds. The van der Waals surface area contributed by atoms with Crippen LogP contribution in [0, 0.1) is 0 Å². The van der Waals surface area contributed by atoms with E-state index < -0.39 is 30.8 Å². The fourth-order valence-corrected chi connectivity index (χ4v) is 1.98. The number of ether oxygens (including phenoxy) is 2. The van der Waals surface area contributed by atoms with Crippen molar-refractivity contribution < 1.29 is 36.6 Å². The molecule has 1 aromatic heterocycles. The van der Waals surface area contributed by atoms with Crippen LogP contribution in [0.2, 0.25) is 0 Å². The molecule has 0 saturated heterocycles. The second-order valence-electron chi connectivity index (χ2n) is 5.67. The zero-order chi connectivity index (χ0) is 21.4. The Morgan fingerprint density at radius 1 is 1.17 bits per heavy atom. The van der Waals surface area contributed by atoms with Gasteiger partial charge in [0.05, 0.1) is 24.6 Å². The molecule has 2 rings (SSSR count). The Balaban J connectivity index is 1.89. The van der Waals surface area contributed by atoms with Crippen molar-refractivity contribution in [3.05, 3.63) is 59.8 Å². The summed E-state index contributed by atoms with van der Waals surface area (Å²) < 4.78 is 58.8. The number of anilines is 1. The number of hydrogen-bond donors (Lipinski definition) is 1. The molecule has 0 aliphatic heterocycles. The Kier molecular flexibility index (Phi) is 7.29. The molecule has 154 valence electrons. The summed E-state index contributed by atoms with van der Waals surface area (Å²) in [7, 11) is 1.27. The minimum atomic E-state index is -4.28. The second-order valence-corrected chi connectivity index (χ2v) is 5.67. The van der Waals surface area contributed by atoms with Gasteiger partial charge < -0.3 is 14.8 Å². The van der Waals surface area contributed by atoms with E-state index in [9.17, 15) is 27.2 Å². The van der Waals surface area contributed by atoms with E-state index >= 15 is 0 Å². The molecule has 0 unspecified atom stereocenters. The predicted molar refractivity (Wildman–Crippen MR) is 96.1 cm³/mol. The summed E-state index contributed by atoms with van der Waals surface area (Å²) in [5.41, 5.74) is 1.28. The highest BCUT2D eigenvalue weighted by Crippen LogP contribution is 2.24. The van der Waals surface area contributed by atoms with E-state index in [1.165, 1.54) is 25.3 Å². The molecule has 1 aromatic carbocycles. The lowest BCUT2D eigenvalue weighted by atomic mass is 10.1. The largest absolute Gasteiger partial charge is 0.471 e. The van der Waals surface area contributed by atoms with E-state index in [0.29, 0.717) is 11.1 Å². The van der Waals surface area contributed by atoms with Gasteiger partial charge >= 0.3 is 18.3 Å². The average molecular weight is 412 g/mol. The molecular weight excluding hydrogens is 396 g/mol. The van der Waals surface area contributed by atoms with Crippen LogP contribution in [0.25, 0.3) is 6.08 Å². The molecule has 0 bridgehead atoms. The Morgan fingerprint density at radius 2 is 1.86 bits per heavy atom. The summed E-state index contributed by atoms with van der Waals surface area (Å²) in [5.74, 6) is -5.54. The molecule has 0 spiro atoms. The first-order chi connectivity index (χ1) is 13.7. The van der Waals surface area contributed by atoms with Gasteiger partial charge in [-0.05, 0) is 29.8 Å². The predicted octanol–water partition coefficient (Wildman–Crippen LogP) is 3.80. The zero-order valence-electron chi connectivity index (χ0n) is 15.1. The molecule has 0 aliphatic carbocycles. The van der Waals surface area contributed by atoms with E-state index in [2.05, 4.69) is 19.8 Å². The van der Waals surface area contributed by atoms with Crippen molar-refractivity contribution in [1.82, 2.24) is 4.98 Å². The highest BCUT2D eigenvalue weighted by Gasteiger charge is 2.41. The minimum Gasteiger partial charge on any atom is -0.471 e. The number of rotatable bonds is 8. The number of carbonyl (C=O) groups excluding carboxylic acids is 2. The van der Waals surface area contributed by atoms with Crippen molar-refractivity contribution in [2.45, 2.75) is 12.3 Å². The maximum absolute atomic E-state index is 12.8. The summed E-state index contributed by atoms with van der Waals surface area (Å²) in [6.07, 6.45) is 0.0332. The summed E-state index contributed by atoms with van der Waals surface area (Å²) in [6.45, 7) is -1.51. The quantitative estimate of drug-likeness (QED) is 0.406. The molecule has 10 heteroatoms. The standard InChI is InChI=1S/C19H16F4N2O4/c1-28-17(27)13-5-2-12(3-6-13)4-8-15(26)25-14-7-9-16(24-10-14)29-11-19(22,23)18(20)21/h2-10,18H,11H2,1H3,(H,25,26)/b8-4+. The van der Waals surface area contributed by atoms with Gasteiger partial charge in [0.2, 0.25) is 11.8 Å². The van der Waals surface area contributed by atoms with E-state index in [0.717, 1.165) is 12.3 Å². The van der Waals surface area contributed by atoms with Crippen molar-refractivity contribution in [3.63, 3.8) is 0 Å². The number of nitrogens with one attached hydrogen (secondary N) is 1. The van der Waals surface area contributed by atoms with Crippen LogP contribution in [0.3, 0.4) is 0 Å². The lowest BCUT2D eigenvalue weighted by Gasteiger charge is -2.15. The van der Waals surface area contributed by atoms with Crippen molar-refractivity contribution in [3.8, 4) is 5.88 Å². The molecular formula is C19H16F4N2O4. The second kappa shape index (κ2) is 9.67. The zero-order valence-corrected chi connectivity index (χ0v) is 15.1. The van der Waals surface area contributed by atoms with Gasteiger partial charge in [0.25, 0.3) is 0 Å². The molecule has 29 heavy (non-hydrogen) atoms.